The second-order valence-electron chi connectivity index (χ2n) is 7.68. The number of aromatic nitrogens is 4. The monoisotopic (exact) mass is 382 g/mol. The van der Waals surface area contributed by atoms with Crippen LogP contribution in [0.2, 0.25) is 0 Å². The van der Waals surface area contributed by atoms with Gasteiger partial charge in [-0.3, -0.25) is 9.89 Å². The van der Waals surface area contributed by atoms with Gasteiger partial charge in [-0.15, -0.1) is 0 Å². The Morgan fingerprint density at radius 2 is 2.26 bits per heavy atom. The van der Waals surface area contributed by atoms with Gasteiger partial charge in [0.25, 0.3) is 0 Å². The van der Waals surface area contributed by atoms with Crippen LogP contribution in [-0.4, -0.2) is 50.1 Å². The molecule has 1 amide bonds. The number of carbonyl (C=O) groups excluding carboxylic acids is 1. The van der Waals surface area contributed by atoms with Crippen LogP contribution in [0, 0.1) is 5.41 Å². The molecular formula is C19H22N6OS. The Bertz CT molecular complexity index is 960. The van der Waals surface area contributed by atoms with Crippen LogP contribution < -0.4 is 4.90 Å². The fourth-order valence-electron chi connectivity index (χ4n) is 4.49. The Balaban J connectivity index is 1.29. The third kappa shape index (κ3) is 2.88. The van der Waals surface area contributed by atoms with Crippen molar-refractivity contribution in [3.8, 4) is 0 Å². The molecular weight excluding hydrogens is 360 g/mol. The normalized spacial score (nSPS) is 20.9. The highest BCUT2D eigenvalue weighted by molar-refractivity contribution is 7.07. The number of nitrogens with one attached hydrogen (secondary N) is 1. The number of fused-ring (bicyclic) bond motifs is 1. The summed E-state index contributed by atoms with van der Waals surface area (Å²) in [6, 6.07) is 2.49. The van der Waals surface area contributed by atoms with Gasteiger partial charge in [0.05, 0.1) is 11.6 Å². The predicted octanol–water partition coefficient (Wildman–Crippen LogP) is 2.82. The zero-order valence-corrected chi connectivity index (χ0v) is 16.1. The van der Waals surface area contributed by atoms with E-state index in [-0.39, 0.29) is 11.3 Å². The van der Waals surface area contributed by atoms with Crippen LogP contribution in [-0.2, 0) is 11.3 Å². The molecule has 4 heterocycles. The number of anilines is 1. The molecule has 1 saturated carbocycles. The molecule has 0 radical (unpaired) electrons. The molecule has 0 aromatic carbocycles. The van der Waals surface area contributed by atoms with Crippen LogP contribution in [0.4, 0.5) is 5.82 Å². The van der Waals surface area contributed by atoms with Gasteiger partial charge in [-0.1, -0.05) is 0 Å². The van der Waals surface area contributed by atoms with Crippen molar-refractivity contribution >= 4 is 34.1 Å². The van der Waals surface area contributed by atoms with Crippen molar-refractivity contribution in [2.75, 3.05) is 18.0 Å². The zero-order valence-electron chi connectivity index (χ0n) is 15.3. The van der Waals surface area contributed by atoms with Crippen molar-refractivity contribution in [3.05, 3.63) is 34.9 Å². The van der Waals surface area contributed by atoms with Gasteiger partial charge in [-0.2, -0.15) is 16.4 Å². The summed E-state index contributed by atoms with van der Waals surface area (Å²) >= 11 is 1.69. The highest BCUT2D eigenvalue weighted by atomic mass is 32.1. The quantitative estimate of drug-likeness (QED) is 0.751. The molecule has 1 N–H and O–H groups in total. The molecule has 2 fully saturated rings. The van der Waals surface area contributed by atoms with Gasteiger partial charge in [0.15, 0.2) is 5.65 Å². The lowest BCUT2D eigenvalue weighted by molar-refractivity contribution is -0.130. The summed E-state index contributed by atoms with van der Waals surface area (Å²) in [5.74, 6) is 1.14. The van der Waals surface area contributed by atoms with Crippen LogP contribution >= 0.6 is 11.3 Å². The summed E-state index contributed by atoms with van der Waals surface area (Å²) in [5.41, 5.74) is 2.29. The highest BCUT2D eigenvalue weighted by Gasteiger charge is 2.58. The van der Waals surface area contributed by atoms with Crippen molar-refractivity contribution < 1.29 is 4.79 Å². The lowest BCUT2D eigenvalue weighted by Crippen LogP contribution is -2.40. The summed E-state index contributed by atoms with van der Waals surface area (Å²) in [6.07, 6.45) is 6.70. The van der Waals surface area contributed by atoms with E-state index in [9.17, 15) is 4.79 Å². The smallest absolute Gasteiger partial charge is 0.220 e. The summed E-state index contributed by atoms with van der Waals surface area (Å²) in [6.45, 7) is 4.34. The number of piperidine rings is 1. The van der Waals surface area contributed by atoms with Gasteiger partial charge in [-0.25, -0.2) is 9.97 Å². The van der Waals surface area contributed by atoms with Gasteiger partial charge in [0.1, 0.15) is 12.1 Å². The zero-order chi connectivity index (χ0) is 18.4. The number of carbonyl (C=O) groups is 1. The standard InChI is InChI=1S/C19H22N6OS/c1-13(26)25(10-14-2-7-27-11-14)16-8-19(16)3-5-24(6-4-19)18-15-9-22-23-17(15)20-12-21-18/h2,7,9,11-12,16H,3-6,8,10H2,1H3,(H,20,21,22,23)/t16-/m0/s1. The van der Waals surface area contributed by atoms with E-state index in [0.29, 0.717) is 6.04 Å². The second kappa shape index (κ2) is 6.30. The van der Waals surface area contributed by atoms with E-state index in [1.54, 1.807) is 30.8 Å². The summed E-state index contributed by atoms with van der Waals surface area (Å²) < 4.78 is 0. The summed E-state index contributed by atoms with van der Waals surface area (Å²) in [4.78, 5) is 25.4. The lowest BCUT2D eigenvalue weighted by Gasteiger charge is -2.35. The molecule has 7 nitrogen and oxygen atoms in total. The van der Waals surface area contributed by atoms with Crippen LogP contribution in [0.15, 0.2) is 29.4 Å². The van der Waals surface area contributed by atoms with Gasteiger partial charge < -0.3 is 9.80 Å². The molecule has 8 heteroatoms. The average molecular weight is 382 g/mol. The molecule has 0 unspecified atom stereocenters. The molecule has 5 rings (SSSR count). The maximum absolute atomic E-state index is 12.3. The minimum Gasteiger partial charge on any atom is -0.356 e. The third-order valence-corrected chi connectivity index (χ3v) is 6.88. The van der Waals surface area contributed by atoms with E-state index >= 15 is 0 Å². The first kappa shape index (κ1) is 16.7. The van der Waals surface area contributed by atoms with Crippen LogP contribution in [0.5, 0.6) is 0 Å². The first-order valence-corrected chi connectivity index (χ1v) is 10.3. The van der Waals surface area contributed by atoms with Crippen LogP contribution in [0.3, 0.4) is 0 Å². The number of amides is 1. The van der Waals surface area contributed by atoms with Crippen molar-refractivity contribution in [1.82, 2.24) is 25.1 Å². The van der Waals surface area contributed by atoms with E-state index in [1.807, 2.05) is 0 Å². The fraction of sp³-hybridized carbons (Fsp3) is 0.474. The second-order valence-corrected chi connectivity index (χ2v) is 8.46. The average Bonchev–Trinajstić information content (AvgIpc) is 3.09. The minimum absolute atomic E-state index is 0.182. The van der Waals surface area contributed by atoms with E-state index in [0.717, 1.165) is 55.7 Å². The number of H-pyrrole nitrogens is 1. The number of hydrogen-bond donors (Lipinski definition) is 1. The summed E-state index contributed by atoms with van der Waals surface area (Å²) in [5, 5.41) is 12.2. The first-order valence-electron chi connectivity index (χ1n) is 9.34. The van der Waals surface area contributed by atoms with Crippen molar-refractivity contribution in [2.24, 2.45) is 5.41 Å². The molecule has 1 spiro atoms. The predicted molar refractivity (Wildman–Crippen MR) is 105 cm³/mol. The molecule has 1 aliphatic heterocycles. The number of rotatable bonds is 4. The van der Waals surface area contributed by atoms with Crippen molar-refractivity contribution in [2.45, 2.75) is 38.8 Å². The number of aromatic amines is 1. The Hall–Kier alpha value is -2.48. The van der Waals surface area contributed by atoms with Crippen molar-refractivity contribution in [1.29, 1.82) is 0 Å². The molecule has 27 heavy (non-hydrogen) atoms. The molecule has 140 valence electrons. The number of hydrogen-bond acceptors (Lipinski definition) is 6. The fourth-order valence-corrected chi connectivity index (χ4v) is 5.15. The van der Waals surface area contributed by atoms with Crippen LogP contribution in [0.25, 0.3) is 11.0 Å². The Kier molecular flexibility index (Phi) is 3.89. The largest absolute Gasteiger partial charge is 0.356 e. The Labute approximate surface area is 161 Å². The Morgan fingerprint density at radius 1 is 1.41 bits per heavy atom. The molecule has 3 aromatic heterocycles. The molecule has 3 aromatic rings. The van der Waals surface area contributed by atoms with E-state index in [2.05, 4.69) is 46.8 Å². The lowest BCUT2D eigenvalue weighted by atomic mass is 9.92. The molecule has 0 bridgehead atoms. The number of thiophene rings is 1. The molecule has 1 atom stereocenters. The van der Waals surface area contributed by atoms with Crippen LogP contribution in [0.1, 0.15) is 31.7 Å². The highest BCUT2D eigenvalue weighted by Crippen LogP contribution is 2.57. The first-order chi connectivity index (χ1) is 13.2. The minimum atomic E-state index is 0.182. The third-order valence-electron chi connectivity index (χ3n) is 6.15. The van der Waals surface area contributed by atoms with E-state index in [1.165, 1.54) is 5.56 Å². The molecule has 2 aliphatic rings. The van der Waals surface area contributed by atoms with Gasteiger partial charge in [-0.05, 0) is 47.1 Å². The van der Waals surface area contributed by atoms with Gasteiger partial charge in [0.2, 0.25) is 5.91 Å². The topological polar surface area (TPSA) is 78.0 Å². The SMILES string of the molecule is CC(=O)N(Cc1ccsc1)[C@H]1CC12CCN(c1ncnc3[nH]ncc13)CC2. The molecule has 1 aliphatic carbocycles. The van der Waals surface area contributed by atoms with Gasteiger partial charge in [0, 0.05) is 32.6 Å². The van der Waals surface area contributed by atoms with Gasteiger partial charge >= 0.3 is 0 Å². The molecule has 1 saturated heterocycles. The maximum atomic E-state index is 12.3. The maximum Gasteiger partial charge on any atom is 0.220 e. The van der Waals surface area contributed by atoms with E-state index in [4.69, 9.17) is 0 Å². The Morgan fingerprint density at radius 3 is 3.00 bits per heavy atom. The number of nitrogens with zero attached hydrogens (tertiary/aromatic N) is 5. The van der Waals surface area contributed by atoms with Crippen molar-refractivity contribution in [3.63, 3.8) is 0 Å². The van der Waals surface area contributed by atoms with E-state index < -0.39 is 0 Å². The summed E-state index contributed by atoms with van der Waals surface area (Å²) in [7, 11) is 0.